The lowest BCUT2D eigenvalue weighted by atomic mass is 9.60. The van der Waals surface area contributed by atoms with Crippen LogP contribution >= 0.6 is 0 Å². The summed E-state index contributed by atoms with van der Waals surface area (Å²) in [6, 6.07) is 7.78. The monoisotopic (exact) mass is 441 g/mol. The lowest BCUT2D eigenvalue weighted by Gasteiger charge is -2.46. The van der Waals surface area contributed by atoms with Crippen molar-refractivity contribution in [3.05, 3.63) is 29.8 Å². The van der Waals surface area contributed by atoms with Gasteiger partial charge in [0.05, 0.1) is 5.41 Å². The molecule has 8 nitrogen and oxygen atoms in total. The summed E-state index contributed by atoms with van der Waals surface area (Å²) in [5, 5.41) is 3.00. The van der Waals surface area contributed by atoms with E-state index in [2.05, 4.69) is 12.2 Å². The zero-order chi connectivity index (χ0) is 23.1. The second kappa shape index (κ2) is 8.30. The number of hydrogen-bond donors (Lipinski definition) is 1. The van der Waals surface area contributed by atoms with Gasteiger partial charge in [0.2, 0.25) is 5.91 Å². The quantitative estimate of drug-likeness (QED) is 0.767. The molecule has 0 aromatic heterocycles. The number of urea groups is 2. The smallest absolute Gasteiger partial charge is 0.321 e. The fourth-order valence-electron chi connectivity index (χ4n) is 5.86. The molecule has 32 heavy (non-hydrogen) atoms. The minimum absolute atomic E-state index is 0.0423. The predicted octanol–water partition coefficient (Wildman–Crippen LogP) is 2.71. The third-order valence-electron chi connectivity index (χ3n) is 7.87. The molecule has 3 heterocycles. The summed E-state index contributed by atoms with van der Waals surface area (Å²) in [4.78, 5) is 46.1. The Morgan fingerprint density at radius 1 is 1.00 bits per heavy atom. The van der Waals surface area contributed by atoms with Crippen LogP contribution in [0.3, 0.4) is 0 Å². The Morgan fingerprint density at radius 2 is 1.66 bits per heavy atom. The van der Waals surface area contributed by atoms with Crippen molar-refractivity contribution in [2.45, 2.75) is 32.6 Å². The van der Waals surface area contributed by atoms with Gasteiger partial charge < -0.3 is 24.9 Å². The van der Waals surface area contributed by atoms with E-state index in [9.17, 15) is 14.4 Å². The van der Waals surface area contributed by atoms with Crippen LogP contribution in [0.25, 0.3) is 0 Å². The molecule has 3 aliphatic heterocycles. The van der Waals surface area contributed by atoms with Gasteiger partial charge in [-0.05, 0) is 43.4 Å². The maximum absolute atomic E-state index is 13.3. The number of piperidine rings is 1. The molecular formula is C24H35N5O3. The van der Waals surface area contributed by atoms with Crippen LogP contribution in [0.1, 0.15) is 31.7 Å². The maximum Gasteiger partial charge on any atom is 0.321 e. The Balaban J connectivity index is 1.48. The third-order valence-corrected chi connectivity index (χ3v) is 7.87. The van der Waals surface area contributed by atoms with E-state index in [4.69, 9.17) is 0 Å². The van der Waals surface area contributed by atoms with Gasteiger partial charge in [-0.25, -0.2) is 9.59 Å². The van der Waals surface area contributed by atoms with Crippen LogP contribution in [0.2, 0.25) is 0 Å². The zero-order valence-corrected chi connectivity index (χ0v) is 19.7. The van der Waals surface area contributed by atoms with E-state index in [0.29, 0.717) is 26.2 Å². The summed E-state index contributed by atoms with van der Waals surface area (Å²) in [7, 11) is 5.36. The number of nitrogens with zero attached hydrogens (tertiary/aromatic N) is 4. The molecule has 1 aromatic carbocycles. The van der Waals surface area contributed by atoms with E-state index in [1.54, 1.807) is 19.0 Å². The first-order valence-electron chi connectivity index (χ1n) is 11.6. The second-order valence-electron chi connectivity index (χ2n) is 9.84. The normalized spacial score (nSPS) is 24.5. The second-order valence-corrected chi connectivity index (χ2v) is 9.84. The van der Waals surface area contributed by atoms with Crippen molar-refractivity contribution in [1.29, 1.82) is 0 Å². The van der Waals surface area contributed by atoms with E-state index in [-0.39, 0.29) is 23.4 Å². The summed E-state index contributed by atoms with van der Waals surface area (Å²) >= 11 is 0. The highest BCUT2D eigenvalue weighted by Gasteiger charge is 2.65. The van der Waals surface area contributed by atoms with E-state index in [0.717, 1.165) is 37.9 Å². The van der Waals surface area contributed by atoms with Gasteiger partial charge in [-0.1, -0.05) is 19.1 Å². The van der Waals surface area contributed by atoms with E-state index in [1.165, 1.54) is 5.56 Å². The highest BCUT2D eigenvalue weighted by molar-refractivity contribution is 5.90. The fourth-order valence-corrected chi connectivity index (χ4v) is 5.86. The first-order chi connectivity index (χ1) is 15.2. The summed E-state index contributed by atoms with van der Waals surface area (Å²) < 4.78 is 0. The molecule has 3 aliphatic rings. The average Bonchev–Trinajstić information content (AvgIpc) is 3.26. The van der Waals surface area contributed by atoms with Crippen LogP contribution in [0.5, 0.6) is 0 Å². The first-order valence-corrected chi connectivity index (χ1v) is 11.6. The van der Waals surface area contributed by atoms with Crippen LogP contribution in [-0.4, -0.2) is 91.4 Å². The number of amides is 5. The highest BCUT2D eigenvalue weighted by Crippen LogP contribution is 2.57. The maximum atomic E-state index is 13.3. The minimum atomic E-state index is -0.536. The number of fused-ring (bicyclic) bond motifs is 1. The summed E-state index contributed by atoms with van der Waals surface area (Å²) in [5.74, 6) is 0.153. The van der Waals surface area contributed by atoms with Crippen LogP contribution in [0.4, 0.5) is 15.3 Å². The minimum Gasteiger partial charge on any atom is -0.345 e. The number of carbonyl (C=O) groups excluding carboxylic acids is 3. The average molecular weight is 442 g/mol. The molecule has 1 N–H and O–H groups in total. The van der Waals surface area contributed by atoms with Crippen molar-refractivity contribution in [2.75, 3.05) is 59.2 Å². The summed E-state index contributed by atoms with van der Waals surface area (Å²) in [5.41, 5.74) is 1.21. The molecule has 4 rings (SSSR count). The molecule has 0 unspecified atom stereocenters. The molecule has 1 aromatic rings. The van der Waals surface area contributed by atoms with Crippen molar-refractivity contribution < 1.29 is 14.4 Å². The third kappa shape index (κ3) is 3.59. The molecule has 0 bridgehead atoms. The van der Waals surface area contributed by atoms with Crippen molar-refractivity contribution in [3.63, 3.8) is 0 Å². The standard InChI is InChI=1S/C24H35N5O3/c1-5-18-6-8-19(9-7-18)25-21(31)28-14-10-23(11-15-28)16-29(22(32)26(2)3)17-24(23)12-13-27(4)20(24)30/h6-9H,5,10-17H2,1-4H3,(H,25,31)/t24-/m0/s1. The van der Waals surface area contributed by atoms with Crippen LogP contribution in [0, 0.1) is 10.8 Å². The van der Waals surface area contributed by atoms with Crippen molar-refractivity contribution >= 4 is 23.7 Å². The number of hydrogen-bond acceptors (Lipinski definition) is 3. The Bertz CT molecular complexity index is 891. The molecular weight excluding hydrogens is 406 g/mol. The Hall–Kier alpha value is -2.77. The van der Waals surface area contributed by atoms with Crippen LogP contribution in [0.15, 0.2) is 24.3 Å². The van der Waals surface area contributed by atoms with Gasteiger partial charge in [-0.3, -0.25) is 4.79 Å². The van der Waals surface area contributed by atoms with Gasteiger partial charge in [0.15, 0.2) is 0 Å². The molecule has 3 fully saturated rings. The molecule has 0 saturated carbocycles. The van der Waals surface area contributed by atoms with Gasteiger partial charge >= 0.3 is 12.1 Å². The van der Waals surface area contributed by atoms with Gasteiger partial charge in [-0.15, -0.1) is 0 Å². The molecule has 2 spiro atoms. The molecule has 174 valence electrons. The lowest BCUT2D eigenvalue weighted by Crippen LogP contribution is -2.54. The molecule has 0 aliphatic carbocycles. The van der Waals surface area contributed by atoms with E-state index in [1.807, 2.05) is 46.0 Å². The van der Waals surface area contributed by atoms with Gasteiger partial charge in [-0.2, -0.15) is 0 Å². The fraction of sp³-hybridized carbons (Fsp3) is 0.625. The van der Waals surface area contributed by atoms with Crippen LogP contribution < -0.4 is 5.32 Å². The highest BCUT2D eigenvalue weighted by atomic mass is 16.2. The molecule has 0 radical (unpaired) electrons. The molecule has 5 amide bonds. The number of carbonyl (C=O) groups is 3. The largest absolute Gasteiger partial charge is 0.345 e. The van der Waals surface area contributed by atoms with Crippen LogP contribution in [-0.2, 0) is 11.2 Å². The number of benzene rings is 1. The Kier molecular flexibility index (Phi) is 5.81. The lowest BCUT2D eigenvalue weighted by molar-refractivity contribution is -0.140. The molecule has 3 saturated heterocycles. The predicted molar refractivity (Wildman–Crippen MR) is 123 cm³/mol. The van der Waals surface area contributed by atoms with Gasteiger partial charge in [0.1, 0.15) is 0 Å². The topological polar surface area (TPSA) is 76.2 Å². The number of nitrogens with one attached hydrogen (secondary N) is 1. The number of aryl methyl sites for hydroxylation is 1. The number of rotatable bonds is 2. The van der Waals surface area contributed by atoms with E-state index < -0.39 is 5.41 Å². The van der Waals surface area contributed by atoms with Crippen molar-refractivity contribution in [3.8, 4) is 0 Å². The summed E-state index contributed by atoms with van der Waals surface area (Å²) in [6.45, 7) is 5.06. The van der Waals surface area contributed by atoms with Crippen molar-refractivity contribution in [1.82, 2.24) is 19.6 Å². The summed E-state index contributed by atoms with van der Waals surface area (Å²) in [6.07, 6.45) is 3.19. The zero-order valence-electron chi connectivity index (χ0n) is 19.7. The molecule has 8 heteroatoms. The Labute approximate surface area is 190 Å². The first kappa shape index (κ1) is 22.4. The Morgan fingerprint density at radius 3 is 2.19 bits per heavy atom. The van der Waals surface area contributed by atoms with E-state index >= 15 is 0 Å². The SMILES string of the molecule is CCc1ccc(NC(=O)N2CCC3(CC2)CN(C(=O)N(C)C)C[C@]32CCN(C)C2=O)cc1. The van der Waals surface area contributed by atoms with Gasteiger partial charge in [0.25, 0.3) is 0 Å². The molecule has 1 atom stereocenters. The number of anilines is 1. The van der Waals surface area contributed by atoms with Gasteiger partial charge in [0, 0.05) is 65.0 Å². The number of likely N-dealkylation sites (tertiary alicyclic amines) is 3. The van der Waals surface area contributed by atoms with Crippen molar-refractivity contribution in [2.24, 2.45) is 10.8 Å².